The summed E-state index contributed by atoms with van der Waals surface area (Å²) < 4.78 is 6.40. The molecule has 6 heavy (non-hydrogen) atoms. The highest BCUT2D eigenvalue weighted by Crippen LogP contribution is 1.74. The SMILES string of the molecule is [2H]NC(N)C(C)O. The molecule has 3 heteroatoms. The van der Waals surface area contributed by atoms with Gasteiger partial charge in [0.2, 0.25) is 0 Å². The highest BCUT2D eigenvalue weighted by atomic mass is 16.3. The lowest BCUT2D eigenvalue weighted by molar-refractivity contribution is 0.166. The van der Waals surface area contributed by atoms with E-state index in [9.17, 15) is 0 Å². The highest BCUT2D eigenvalue weighted by molar-refractivity contribution is 4.55. The summed E-state index contributed by atoms with van der Waals surface area (Å²) in [6.07, 6.45) is -1.28. The van der Waals surface area contributed by atoms with Gasteiger partial charge >= 0.3 is 0 Å². The van der Waals surface area contributed by atoms with Crippen LogP contribution in [0.25, 0.3) is 0 Å². The van der Waals surface area contributed by atoms with Crippen LogP contribution < -0.4 is 11.5 Å². The van der Waals surface area contributed by atoms with Gasteiger partial charge in [-0.1, -0.05) is 0 Å². The first-order valence-electron chi connectivity index (χ1n) is 2.29. The molecule has 0 saturated carbocycles. The van der Waals surface area contributed by atoms with Crippen molar-refractivity contribution in [1.29, 1.82) is 0 Å². The van der Waals surface area contributed by atoms with Crippen LogP contribution in [0.15, 0.2) is 0 Å². The number of aliphatic hydroxyl groups excluding tert-OH is 1. The van der Waals surface area contributed by atoms with E-state index in [2.05, 4.69) is 0 Å². The fraction of sp³-hybridized carbons (Fsp3) is 1.00. The molecule has 0 fully saturated rings. The van der Waals surface area contributed by atoms with E-state index in [0.717, 1.165) is 0 Å². The maximum Gasteiger partial charge on any atom is 0.120 e. The molecule has 2 atom stereocenters. The number of nitrogens with two attached hydrogens (primary N) is 2. The van der Waals surface area contributed by atoms with Crippen LogP contribution in [0.2, 0.25) is 1.41 Å². The fourth-order valence-electron chi connectivity index (χ4n) is 0. The van der Waals surface area contributed by atoms with E-state index in [1.165, 1.54) is 6.92 Å². The van der Waals surface area contributed by atoms with Crippen LogP contribution in [0.3, 0.4) is 0 Å². The predicted molar refractivity (Wildman–Crippen MR) is 23.8 cm³/mol. The molecule has 0 aliphatic carbocycles. The van der Waals surface area contributed by atoms with E-state index in [1.54, 1.807) is 0 Å². The number of rotatable bonds is 2. The predicted octanol–water partition coefficient (Wildman–Crippen LogP) is -1.39. The Morgan fingerprint density at radius 1 is 2.00 bits per heavy atom. The monoisotopic (exact) mass is 91.1 g/mol. The van der Waals surface area contributed by atoms with Gasteiger partial charge in [-0.15, -0.1) is 0 Å². The van der Waals surface area contributed by atoms with Crippen LogP contribution in [0.5, 0.6) is 0 Å². The third-order valence-electron chi connectivity index (χ3n) is 0.520. The number of hydrogen-bond acceptors (Lipinski definition) is 3. The molecular formula is C3H10N2O. The summed E-state index contributed by atoms with van der Waals surface area (Å²) >= 11 is 0. The lowest BCUT2D eigenvalue weighted by Gasteiger charge is -2.05. The maximum atomic E-state index is 8.51. The van der Waals surface area contributed by atoms with Gasteiger partial charge in [0.05, 0.1) is 12.3 Å². The van der Waals surface area contributed by atoms with Crippen LogP contribution in [-0.2, 0) is 0 Å². The van der Waals surface area contributed by atoms with Gasteiger partial charge < -0.3 is 16.6 Å². The molecule has 0 aliphatic rings. The average molecular weight is 91.1 g/mol. The van der Waals surface area contributed by atoms with E-state index >= 15 is 0 Å². The van der Waals surface area contributed by atoms with Crippen molar-refractivity contribution < 1.29 is 6.52 Å². The normalized spacial score (nSPS) is 22.2. The summed E-state index contributed by atoms with van der Waals surface area (Å²) in [5, 5.41) is 8.51. The second-order valence-electron chi connectivity index (χ2n) is 1.27. The van der Waals surface area contributed by atoms with E-state index in [-0.39, 0.29) is 0 Å². The summed E-state index contributed by atoms with van der Waals surface area (Å²) in [5.41, 5.74) is 7.01. The molecule has 0 amide bonds. The van der Waals surface area contributed by atoms with Crippen molar-refractivity contribution in [2.75, 3.05) is 0 Å². The van der Waals surface area contributed by atoms with Gasteiger partial charge in [0, 0.05) is 0 Å². The molecule has 0 aromatic heterocycles. The minimum absolute atomic E-state index is 0.625. The minimum atomic E-state index is -0.655. The fourth-order valence-corrected chi connectivity index (χ4v) is 0. The van der Waals surface area contributed by atoms with Crippen molar-refractivity contribution in [3.05, 3.63) is 0 Å². The second kappa shape index (κ2) is 2.12. The molecule has 0 rings (SSSR count). The lowest BCUT2D eigenvalue weighted by Crippen LogP contribution is -2.40. The zero-order valence-electron chi connectivity index (χ0n) is 4.68. The van der Waals surface area contributed by atoms with Crippen LogP contribution in [0.1, 0.15) is 6.92 Å². The number of hydrogen-bond donors (Lipinski definition) is 3. The number of aliphatic hydroxyl groups is 1. The Morgan fingerprint density at radius 2 is 2.50 bits per heavy atom. The summed E-state index contributed by atoms with van der Waals surface area (Å²) in [5.74, 6) is 0. The molecule has 0 heterocycles. The van der Waals surface area contributed by atoms with Crippen LogP contribution in [0.4, 0.5) is 0 Å². The topological polar surface area (TPSA) is 72.3 Å². The average Bonchev–Trinajstić information content (AvgIpc) is 1.65. The molecule has 0 spiro atoms. The van der Waals surface area contributed by atoms with Crippen molar-refractivity contribution in [2.45, 2.75) is 19.2 Å². The molecule has 38 valence electrons. The van der Waals surface area contributed by atoms with Crippen molar-refractivity contribution in [2.24, 2.45) is 11.5 Å². The van der Waals surface area contributed by atoms with E-state index in [0.29, 0.717) is 0 Å². The largest absolute Gasteiger partial charge is 0.390 e. The first-order valence-corrected chi connectivity index (χ1v) is 1.79. The van der Waals surface area contributed by atoms with E-state index < -0.39 is 12.3 Å². The zero-order valence-corrected chi connectivity index (χ0v) is 3.68. The van der Waals surface area contributed by atoms with Gasteiger partial charge in [-0.05, 0) is 6.92 Å². The van der Waals surface area contributed by atoms with Gasteiger partial charge in [-0.2, -0.15) is 0 Å². The first kappa shape index (κ1) is 4.05. The van der Waals surface area contributed by atoms with E-state index in [4.69, 9.17) is 12.3 Å². The maximum absolute atomic E-state index is 8.51. The van der Waals surface area contributed by atoms with Crippen molar-refractivity contribution in [3.8, 4) is 0 Å². The standard InChI is InChI=1S/C3H10N2O/c1-2(6)3(4)5/h2-3,6H,4-5H2,1H3/i/hD. The van der Waals surface area contributed by atoms with Gasteiger partial charge in [0.15, 0.2) is 0 Å². The Bertz CT molecular complexity index is 50.2. The van der Waals surface area contributed by atoms with Crippen molar-refractivity contribution in [3.63, 3.8) is 0 Å². The molecule has 5 N–H and O–H groups in total. The van der Waals surface area contributed by atoms with Gasteiger partial charge in [-0.3, -0.25) is 0 Å². The van der Waals surface area contributed by atoms with Crippen LogP contribution in [-0.4, -0.2) is 17.4 Å². The summed E-state index contributed by atoms with van der Waals surface area (Å²) in [4.78, 5) is 0. The Labute approximate surface area is 38.4 Å². The first-order chi connectivity index (χ1) is 3.18. The summed E-state index contributed by atoms with van der Waals surface area (Å²) in [7, 11) is 0. The molecule has 0 saturated heterocycles. The van der Waals surface area contributed by atoms with Crippen LogP contribution >= 0.6 is 0 Å². The summed E-state index contributed by atoms with van der Waals surface area (Å²) in [6.45, 7) is 1.52. The highest BCUT2D eigenvalue weighted by Gasteiger charge is 1.98. The Kier molecular flexibility index (Phi) is 1.43. The lowest BCUT2D eigenvalue weighted by atomic mass is 10.3. The van der Waals surface area contributed by atoms with Crippen LogP contribution in [0, 0.1) is 0 Å². The third kappa shape index (κ3) is 2.14. The molecule has 2 unspecified atom stereocenters. The Morgan fingerprint density at radius 3 is 2.50 bits per heavy atom. The van der Waals surface area contributed by atoms with Crippen molar-refractivity contribution >= 4 is 0 Å². The smallest absolute Gasteiger partial charge is 0.120 e. The Hall–Kier alpha value is -0.120. The zero-order chi connectivity index (χ0) is 5.86. The minimum Gasteiger partial charge on any atom is -0.390 e. The molecular weight excluding hydrogens is 80.0 g/mol. The molecule has 0 aromatic rings. The van der Waals surface area contributed by atoms with Gasteiger partial charge in [0.25, 0.3) is 0 Å². The quantitative estimate of drug-likeness (QED) is 0.366. The molecule has 0 bridgehead atoms. The molecule has 0 aliphatic heterocycles. The molecule has 3 nitrogen and oxygen atoms in total. The van der Waals surface area contributed by atoms with E-state index in [1.807, 2.05) is 5.73 Å². The Balaban J connectivity index is 3.14. The third-order valence-corrected chi connectivity index (χ3v) is 0.520. The van der Waals surface area contributed by atoms with Gasteiger partial charge in [0.1, 0.15) is 1.41 Å². The van der Waals surface area contributed by atoms with Crippen molar-refractivity contribution in [1.82, 2.24) is 0 Å². The molecule has 0 aromatic carbocycles. The second-order valence-corrected chi connectivity index (χ2v) is 1.27. The van der Waals surface area contributed by atoms with Gasteiger partial charge in [-0.25, -0.2) is 0 Å². The molecule has 0 radical (unpaired) electrons. The summed E-state index contributed by atoms with van der Waals surface area (Å²) in [6, 6.07) is 0.